The van der Waals surface area contributed by atoms with Crippen LogP contribution in [0.3, 0.4) is 0 Å². The number of aromatic amines is 1. The first-order valence-electron chi connectivity index (χ1n) is 8.57. The van der Waals surface area contributed by atoms with Gasteiger partial charge < -0.3 is 9.52 Å². The second-order valence-corrected chi connectivity index (χ2v) is 6.84. The number of rotatable bonds is 5. The molecular formula is C19H16F2N6O2. The molecule has 4 rings (SSSR count). The highest BCUT2D eigenvalue weighted by molar-refractivity contribution is 6.11. The SMILES string of the molecule is CC(C)(O)c1nc(/C=C\C(=N)c2c(-c3ccc(F)cc3F)nc3occn23)n[nH]1. The molecule has 0 saturated carbocycles. The van der Waals surface area contributed by atoms with E-state index in [-0.39, 0.29) is 40.2 Å². The van der Waals surface area contributed by atoms with Gasteiger partial charge in [0.15, 0.2) is 11.6 Å². The summed E-state index contributed by atoms with van der Waals surface area (Å²) >= 11 is 0. The van der Waals surface area contributed by atoms with E-state index in [9.17, 15) is 13.9 Å². The Bertz CT molecular complexity index is 1250. The van der Waals surface area contributed by atoms with Crippen molar-refractivity contribution in [2.75, 3.05) is 0 Å². The Kier molecular flexibility index (Phi) is 4.35. The average molecular weight is 398 g/mol. The molecule has 0 amide bonds. The molecule has 3 N–H and O–H groups in total. The van der Waals surface area contributed by atoms with Gasteiger partial charge in [0.2, 0.25) is 0 Å². The van der Waals surface area contributed by atoms with Crippen molar-refractivity contribution < 1.29 is 18.3 Å². The number of nitrogens with zero attached hydrogens (tertiary/aromatic N) is 4. The summed E-state index contributed by atoms with van der Waals surface area (Å²) in [4.78, 5) is 8.38. The zero-order valence-electron chi connectivity index (χ0n) is 15.4. The monoisotopic (exact) mass is 398 g/mol. The van der Waals surface area contributed by atoms with Gasteiger partial charge in [0.05, 0.1) is 5.71 Å². The molecule has 0 fully saturated rings. The van der Waals surface area contributed by atoms with E-state index >= 15 is 0 Å². The van der Waals surface area contributed by atoms with Crippen molar-refractivity contribution >= 4 is 17.6 Å². The molecule has 0 atom stereocenters. The highest BCUT2D eigenvalue weighted by Gasteiger charge is 2.22. The Morgan fingerprint density at radius 2 is 2.10 bits per heavy atom. The summed E-state index contributed by atoms with van der Waals surface area (Å²) in [6, 6.07) is 3.14. The molecule has 0 saturated heterocycles. The molecule has 0 bridgehead atoms. The minimum absolute atomic E-state index is 0.0211. The maximum Gasteiger partial charge on any atom is 0.306 e. The van der Waals surface area contributed by atoms with Crippen LogP contribution in [-0.2, 0) is 5.60 Å². The van der Waals surface area contributed by atoms with E-state index in [2.05, 4.69) is 20.2 Å². The smallest absolute Gasteiger partial charge is 0.306 e. The second-order valence-electron chi connectivity index (χ2n) is 6.84. The Balaban J connectivity index is 1.74. The van der Waals surface area contributed by atoms with Crippen molar-refractivity contribution in [1.29, 1.82) is 5.41 Å². The van der Waals surface area contributed by atoms with E-state index in [1.807, 2.05) is 0 Å². The molecule has 10 heteroatoms. The predicted octanol–water partition coefficient (Wildman–Crippen LogP) is 3.30. The molecule has 3 aromatic heterocycles. The molecule has 8 nitrogen and oxygen atoms in total. The zero-order valence-corrected chi connectivity index (χ0v) is 15.4. The summed E-state index contributed by atoms with van der Waals surface area (Å²) in [7, 11) is 0. The number of nitrogens with one attached hydrogen (secondary N) is 2. The van der Waals surface area contributed by atoms with Gasteiger partial charge in [-0.1, -0.05) is 0 Å². The molecule has 0 aliphatic heterocycles. The predicted molar refractivity (Wildman–Crippen MR) is 100 cm³/mol. The minimum Gasteiger partial charge on any atom is -0.432 e. The number of aliphatic hydroxyl groups is 1. The van der Waals surface area contributed by atoms with Crippen LogP contribution in [0.15, 0.2) is 41.2 Å². The maximum atomic E-state index is 14.3. The topological polar surface area (TPSA) is 116 Å². The lowest BCUT2D eigenvalue weighted by Crippen LogP contribution is -2.17. The maximum absolute atomic E-state index is 14.3. The van der Waals surface area contributed by atoms with Gasteiger partial charge in [-0.25, -0.2) is 13.8 Å². The number of oxazole rings is 1. The van der Waals surface area contributed by atoms with Crippen molar-refractivity contribution in [3.63, 3.8) is 0 Å². The quantitative estimate of drug-likeness (QED) is 0.446. The molecule has 4 aromatic rings. The van der Waals surface area contributed by atoms with E-state index in [4.69, 9.17) is 9.83 Å². The van der Waals surface area contributed by atoms with Gasteiger partial charge in [-0.15, -0.1) is 0 Å². The van der Waals surface area contributed by atoms with Crippen LogP contribution in [0.4, 0.5) is 8.78 Å². The van der Waals surface area contributed by atoms with E-state index in [1.165, 1.54) is 28.9 Å². The number of benzene rings is 1. The third kappa shape index (κ3) is 3.45. The van der Waals surface area contributed by atoms with Gasteiger partial charge in [0.1, 0.15) is 34.9 Å². The molecular weight excluding hydrogens is 382 g/mol. The number of hydrogen-bond acceptors (Lipinski definition) is 6. The van der Waals surface area contributed by atoms with Crippen LogP contribution >= 0.6 is 0 Å². The van der Waals surface area contributed by atoms with E-state index in [1.54, 1.807) is 20.0 Å². The fourth-order valence-corrected chi connectivity index (χ4v) is 2.77. The van der Waals surface area contributed by atoms with Crippen LogP contribution in [0.5, 0.6) is 0 Å². The molecule has 1 aromatic carbocycles. The standard InChI is InChI=1S/C19H16F2N6O2/c1-19(2,28)17-23-14(25-26-17)6-5-13(22)16-15(24-18-27(16)7-8-29-18)11-4-3-10(20)9-12(11)21/h3-9,22,28H,1-2H3,(H,23,25,26)/b6-5-,22-13?. The normalized spacial score (nSPS) is 12.3. The van der Waals surface area contributed by atoms with E-state index in [0.29, 0.717) is 0 Å². The molecule has 0 radical (unpaired) electrons. The molecule has 148 valence electrons. The first kappa shape index (κ1) is 18.7. The Morgan fingerprint density at radius 3 is 2.79 bits per heavy atom. The van der Waals surface area contributed by atoms with Gasteiger partial charge >= 0.3 is 5.84 Å². The van der Waals surface area contributed by atoms with Gasteiger partial charge in [0, 0.05) is 17.8 Å². The summed E-state index contributed by atoms with van der Waals surface area (Å²) < 4.78 is 34.4. The number of allylic oxidation sites excluding steroid dienone is 1. The number of H-pyrrole nitrogens is 1. The Hall–Kier alpha value is -3.66. The number of imidazole rings is 1. The van der Waals surface area contributed by atoms with Gasteiger partial charge in [0.25, 0.3) is 0 Å². The molecule has 3 heterocycles. The summed E-state index contributed by atoms with van der Waals surface area (Å²) in [5.41, 5.74) is -0.765. The Labute approximate surface area is 163 Å². The van der Waals surface area contributed by atoms with E-state index < -0.39 is 17.2 Å². The lowest BCUT2D eigenvalue weighted by molar-refractivity contribution is 0.0691. The molecule has 0 aliphatic carbocycles. The molecule has 29 heavy (non-hydrogen) atoms. The fraction of sp³-hybridized carbons (Fsp3) is 0.158. The van der Waals surface area contributed by atoms with Crippen molar-refractivity contribution in [2.45, 2.75) is 19.4 Å². The van der Waals surface area contributed by atoms with Crippen molar-refractivity contribution in [3.05, 3.63) is 65.7 Å². The third-order valence-corrected chi connectivity index (χ3v) is 4.18. The van der Waals surface area contributed by atoms with Gasteiger partial charge in [-0.2, -0.15) is 10.1 Å². The van der Waals surface area contributed by atoms with Crippen LogP contribution in [-0.4, -0.2) is 35.4 Å². The van der Waals surface area contributed by atoms with Crippen molar-refractivity contribution in [3.8, 4) is 11.3 Å². The number of halogens is 2. The largest absolute Gasteiger partial charge is 0.432 e. The van der Waals surface area contributed by atoms with Crippen LogP contribution in [0, 0.1) is 17.0 Å². The molecule has 0 aliphatic rings. The van der Waals surface area contributed by atoms with Crippen molar-refractivity contribution in [1.82, 2.24) is 24.6 Å². The van der Waals surface area contributed by atoms with Crippen LogP contribution < -0.4 is 0 Å². The molecule has 0 spiro atoms. The Morgan fingerprint density at radius 1 is 1.31 bits per heavy atom. The number of aromatic nitrogens is 5. The van der Waals surface area contributed by atoms with Gasteiger partial charge in [-0.05, 0) is 38.1 Å². The lowest BCUT2D eigenvalue weighted by Gasteiger charge is -2.11. The lowest BCUT2D eigenvalue weighted by atomic mass is 10.1. The van der Waals surface area contributed by atoms with Crippen LogP contribution in [0.1, 0.15) is 31.2 Å². The summed E-state index contributed by atoms with van der Waals surface area (Å²) in [6.45, 7) is 3.13. The first-order chi connectivity index (χ1) is 13.7. The summed E-state index contributed by atoms with van der Waals surface area (Å²) in [5.74, 6) is -0.807. The summed E-state index contributed by atoms with van der Waals surface area (Å²) in [5, 5.41) is 25.0. The second kappa shape index (κ2) is 6.74. The average Bonchev–Trinajstić information content (AvgIpc) is 3.34. The zero-order chi connectivity index (χ0) is 20.8. The van der Waals surface area contributed by atoms with E-state index in [0.717, 1.165) is 12.1 Å². The van der Waals surface area contributed by atoms with Crippen LogP contribution in [0.25, 0.3) is 23.2 Å². The van der Waals surface area contributed by atoms with Gasteiger partial charge in [-0.3, -0.25) is 14.9 Å². The third-order valence-electron chi connectivity index (χ3n) is 4.18. The summed E-state index contributed by atoms with van der Waals surface area (Å²) in [6.07, 6.45) is 5.82. The first-order valence-corrected chi connectivity index (χ1v) is 8.57. The van der Waals surface area contributed by atoms with Crippen LogP contribution in [0.2, 0.25) is 0 Å². The van der Waals surface area contributed by atoms with Crippen molar-refractivity contribution in [2.24, 2.45) is 0 Å². The fourth-order valence-electron chi connectivity index (χ4n) is 2.77. The molecule has 0 unspecified atom stereocenters. The number of hydrogen-bond donors (Lipinski definition) is 3. The highest BCUT2D eigenvalue weighted by atomic mass is 19.1. The number of fused-ring (bicyclic) bond motifs is 1. The highest BCUT2D eigenvalue weighted by Crippen LogP contribution is 2.28. The minimum atomic E-state index is -1.19.